The van der Waals surface area contributed by atoms with Gasteiger partial charge in [-0.2, -0.15) is 0 Å². The topological polar surface area (TPSA) is 195 Å². The molecule has 7 aliphatic rings. The van der Waals surface area contributed by atoms with Crippen molar-refractivity contribution >= 4 is 47.2 Å². The summed E-state index contributed by atoms with van der Waals surface area (Å²) >= 11 is 0. The molecule has 0 aromatic heterocycles. The Morgan fingerprint density at radius 2 is 0.909 bits per heavy atom. The van der Waals surface area contributed by atoms with Crippen LogP contribution in [0.2, 0.25) is 0 Å². The number of para-hydroxylation sites is 4. The number of carbonyl (C=O) groups excluding carboxylic acids is 6. The second-order valence-electron chi connectivity index (χ2n) is 26.7. The summed E-state index contributed by atoms with van der Waals surface area (Å²) in [5.74, 6) is 2.23. The lowest BCUT2D eigenvalue weighted by molar-refractivity contribution is -0.122. The molecule has 3 N–H and O–H groups in total. The van der Waals surface area contributed by atoms with Gasteiger partial charge in [0.15, 0.2) is 13.2 Å². The second kappa shape index (κ2) is 28.9. The Hall–Kier alpha value is -7.22. The summed E-state index contributed by atoms with van der Waals surface area (Å²) in [7, 11) is 0. The molecule has 0 radical (unpaired) electrons. The summed E-state index contributed by atoms with van der Waals surface area (Å²) in [4.78, 5) is 89.2. The van der Waals surface area contributed by atoms with Crippen LogP contribution in [0.3, 0.4) is 0 Å². The minimum absolute atomic E-state index is 0.0123. The number of carbonyl (C=O) groups is 6. The van der Waals surface area contributed by atoms with Crippen molar-refractivity contribution in [3.63, 3.8) is 0 Å². The smallest absolute Gasteiger partial charge is 0.410 e. The van der Waals surface area contributed by atoms with Crippen molar-refractivity contribution in [1.29, 1.82) is 0 Å². The summed E-state index contributed by atoms with van der Waals surface area (Å²) in [6.45, 7) is 19.6. The zero-order valence-electron chi connectivity index (χ0n) is 52.6. The monoisotopic (exact) mass is 1210 g/mol. The van der Waals surface area contributed by atoms with Crippen LogP contribution in [-0.2, 0) is 19.1 Å². The van der Waals surface area contributed by atoms with Crippen LogP contribution in [0.5, 0.6) is 11.5 Å². The fourth-order valence-corrected chi connectivity index (χ4v) is 14.3. The van der Waals surface area contributed by atoms with E-state index in [1.807, 2.05) is 136 Å². The minimum atomic E-state index is -0.501. The fourth-order valence-electron chi connectivity index (χ4n) is 14.3. The normalized spacial score (nSPS) is 22.7. The number of rotatable bonds is 19. The lowest BCUT2D eigenvalue weighted by Gasteiger charge is -2.41. The Morgan fingerprint density at radius 1 is 0.489 bits per heavy atom. The summed E-state index contributed by atoms with van der Waals surface area (Å²) in [5, 5.41) is 9.06. The van der Waals surface area contributed by atoms with Gasteiger partial charge in [-0.1, -0.05) is 60.7 Å². The Labute approximate surface area is 520 Å². The summed E-state index contributed by atoms with van der Waals surface area (Å²) in [5.41, 5.74) is 4.58. The lowest BCUT2D eigenvalue weighted by atomic mass is 9.82. The quantitative estimate of drug-likeness (QED) is 0.0753. The first-order valence-corrected chi connectivity index (χ1v) is 32.3. The molecule has 4 aromatic rings. The number of piperidine rings is 2. The van der Waals surface area contributed by atoms with E-state index < -0.39 is 17.3 Å². The molecule has 5 saturated heterocycles. The Bertz CT molecular complexity index is 3050. The number of hydrogen-bond acceptors (Lipinski definition) is 13. The highest BCUT2D eigenvalue weighted by Gasteiger charge is 2.44. The van der Waals surface area contributed by atoms with Gasteiger partial charge in [-0.15, -0.1) is 0 Å². The van der Waals surface area contributed by atoms with Crippen molar-refractivity contribution in [2.24, 2.45) is 0 Å². The van der Waals surface area contributed by atoms with E-state index in [1.165, 1.54) is 0 Å². The number of ether oxygens (including phenoxy) is 4. The van der Waals surface area contributed by atoms with Crippen LogP contribution in [0.1, 0.15) is 156 Å². The van der Waals surface area contributed by atoms with Gasteiger partial charge >= 0.3 is 12.2 Å². The zero-order chi connectivity index (χ0) is 62.0. The molecule has 6 amide bonds. The number of fused-ring (bicyclic) bond motifs is 6. The highest BCUT2D eigenvalue weighted by Crippen LogP contribution is 2.46. The van der Waals surface area contributed by atoms with Crippen molar-refractivity contribution in [2.75, 3.05) is 102 Å². The Balaban J connectivity index is 0.000000195. The van der Waals surface area contributed by atoms with E-state index in [9.17, 15) is 28.8 Å². The van der Waals surface area contributed by atoms with E-state index in [4.69, 9.17) is 18.9 Å². The van der Waals surface area contributed by atoms with Crippen molar-refractivity contribution in [3.05, 3.63) is 119 Å². The van der Waals surface area contributed by atoms with Crippen LogP contribution in [0.4, 0.5) is 21.0 Å². The van der Waals surface area contributed by atoms with Gasteiger partial charge < -0.3 is 49.6 Å². The zero-order valence-corrected chi connectivity index (χ0v) is 52.6. The van der Waals surface area contributed by atoms with E-state index in [-0.39, 0.29) is 42.9 Å². The van der Waals surface area contributed by atoms with E-state index >= 15 is 0 Å². The number of anilines is 2. The molecule has 11 rings (SSSR count). The summed E-state index contributed by atoms with van der Waals surface area (Å²) < 4.78 is 22.0. The molecule has 5 fully saturated rings. The Kier molecular flexibility index (Phi) is 21.0. The van der Waals surface area contributed by atoms with Crippen LogP contribution in [0.15, 0.2) is 97.1 Å². The number of amides is 6. The molecule has 4 aromatic carbocycles. The van der Waals surface area contributed by atoms with Crippen molar-refractivity contribution < 1.29 is 47.7 Å². The van der Waals surface area contributed by atoms with Gasteiger partial charge in [0.25, 0.3) is 23.6 Å². The maximum Gasteiger partial charge on any atom is 0.410 e. The second-order valence-corrected chi connectivity index (χ2v) is 26.7. The predicted octanol–water partition coefficient (Wildman–Crippen LogP) is 9.35. The van der Waals surface area contributed by atoms with Gasteiger partial charge in [0.1, 0.15) is 22.7 Å². The fraction of sp³-hybridized carbons (Fsp3) is 0.565. The van der Waals surface area contributed by atoms with Crippen LogP contribution in [0.25, 0.3) is 0 Å². The number of alkyl carbamates (subject to hydrolysis) is 1. The van der Waals surface area contributed by atoms with E-state index in [2.05, 4.69) is 42.8 Å². The summed E-state index contributed by atoms with van der Waals surface area (Å²) in [6, 6.07) is 33.5. The molecular weight excluding hydrogens is 1110 g/mol. The summed E-state index contributed by atoms with van der Waals surface area (Å²) in [6.07, 6.45) is 10.7. The average molecular weight is 1210 g/mol. The van der Waals surface area contributed by atoms with Crippen molar-refractivity contribution in [2.45, 2.75) is 159 Å². The molecular formula is C69H93N9O10. The van der Waals surface area contributed by atoms with E-state index in [0.717, 1.165) is 148 Å². The van der Waals surface area contributed by atoms with Gasteiger partial charge in [-0.05, 0) is 172 Å². The first-order valence-electron chi connectivity index (χ1n) is 32.3. The lowest BCUT2D eigenvalue weighted by Crippen LogP contribution is -2.51. The molecule has 19 nitrogen and oxygen atoms in total. The molecule has 88 heavy (non-hydrogen) atoms. The van der Waals surface area contributed by atoms with Gasteiger partial charge in [0, 0.05) is 114 Å². The molecule has 474 valence electrons. The van der Waals surface area contributed by atoms with Gasteiger partial charge in [-0.25, -0.2) is 9.59 Å². The first kappa shape index (κ1) is 63.8. The van der Waals surface area contributed by atoms with Gasteiger partial charge in [-0.3, -0.25) is 33.9 Å². The number of piperazine rings is 1. The third-order valence-corrected chi connectivity index (χ3v) is 18.4. The molecule has 4 bridgehead atoms. The highest BCUT2D eigenvalue weighted by molar-refractivity contribution is 5.99. The van der Waals surface area contributed by atoms with Crippen LogP contribution in [0, 0.1) is 0 Å². The van der Waals surface area contributed by atoms with Crippen LogP contribution < -0.4 is 35.2 Å². The maximum atomic E-state index is 13.4. The molecule has 0 aliphatic carbocycles. The average Bonchev–Trinajstić information content (AvgIpc) is 2.06. The van der Waals surface area contributed by atoms with Gasteiger partial charge in [0.2, 0.25) is 0 Å². The first-order chi connectivity index (χ1) is 42.4. The SMILES string of the molecule is CC(C)(C)OC(=O)N1CCN(CCNC(=O)c2ccccc2C2C[C@H]3CC[C@@H](C2)N3CCN2C(=O)COc3ccccc32)CC1.CC(C)(C)OC(=O)NCCCCCNC(=O)c1ccccc1C1C[C@H]2CC[C@@H](C1)N2CCN1C(=O)COc2ccccc21. The highest BCUT2D eigenvalue weighted by atomic mass is 16.6. The molecule has 6 atom stereocenters. The molecule has 7 heterocycles. The standard InChI is InChI=1S/C35H47N5O5.C34H46N4O5/c1-35(2,3)45-34(43)38-18-16-37(17-19-38)15-14-36-33(42)29-9-5-4-8-28(29)25-22-26-12-13-27(23-25)39(26)20-21-40-30-10-6-7-11-31(30)44-24-32(40)41;1-34(2,3)43-33(41)36-18-10-4-9-17-35-32(40)28-12-6-5-11-27(28)24-21-25-15-16-26(22-24)37(25)19-20-38-29-13-7-8-14-30(29)42-23-31(38)39/h4-11,25-27H,12-24H2,1-3H3,(H,36,42);5-8,11-14,24-26H,4,9-10,15-23H2,1-3H3,(H,35,40)(H,36,41)/t25?,26-,27+;24?,25-,26+. The van der Waals surface area contributed by atoms with Crippen molar-refractivity contribution in [1.82, 2.24) is 35.6 Å². The number of nitrogens with one attached hydrogen (secondary N) is 3. The maximum absolute atomic E-state index is 13.4. The van der Waals surface area contributed by atoms with E-state index in [0.29, 0.717) is 81.8 Å². The largest absolute Gasteiger partial charge is 0.482 e. The third kappa shape index (κ3) is 16.3. The number of hydrogen-bond donors (Lipinski definition) is 3. The Morgan fingerprint density at radius 3 is 1.38 bits per heavy atom. The molecule has 7 aliphatic heterocycles. The molecule has 0 spiro atoms. The number of unbranched alkanes of at least 4 members (excludes halogenated alkanes) is 2. The predicted molar refractivity (Wildman–Crippen MR) is 339 cm³/mol. The number of benzene rings is 4. The molecule has 19 heteroatoms. The molecule has 0 saturated carbocycles. The molecule has 2 unspecified atom stereocenters. The van der Waals surface area contributed by atoms with Crippen molar-refractivity contribution in [3.8, 4) is 11.5 Å². The minimum Gasteiger partial charge on any atom is -0.482 e. The van der Waals surface area contributed by atoms with E-state index in [1.54, 1.807) is 4.90 Å². The van der Waals surface area contributed by atoms with Gasteiger partial charge in [0.05, 0.1) is 11.4 Å². The third-order valence-electron chi connectivity index (χ3n) is 18.4. The number of nitrogens with zero attached hydrogens (tertiary/aromatic N) is 6. The van der Waals surface area contributed by atoms with Crippen LogP contribution in [-0.4, -0.2) is 183 Å². The van der Waals surface area contributed by atoms with Crippen LogP contribution >= 0.6 is 0 Å².